The minimum Gasteiger partial charge on any atom is -0.372 e. The van der Waals surface area contributed by atoms with Gasteiger partial charge in [-0.15, -0.1) is 0 Å². The molecule has 0 unspecified atom stereocenters. The highest BCUT2D eigenvalue weighted by Gasteiger charge is 2.43. The van der Waals surface area contributed by atoms with Gasteiger partial charge in [0.2, 0.25) is 10.0 Å². The molecule has 0 atom stereocenters. The van der Waals surface area contributed by atoms with E-state index in [1.54, 1.807) is 0 Å². The third kappa shape index (κ3) is 2.88. The van der Waals surface area contributed by atoms with Crippen molar-refractivity contribution in [1.82, 2.24) is 8.87 Å². The van der Waals surface area contributed by atoms with Crippen LogP contribution in [0.4, 0.5) is 10.1 Å². The number of sulfonamides is 1. The van der Waals surface area contributed by atoms with Gasteiger partial charge in [-0.25, -0.2) is 12.8 Å². The maximum absolute atomic E-state index is 13.2. The lowest BCUT2D eigenvalue weighted by atomic mass is 9.83. The molecular weight excluding hydrogens is 389 g/mol. The standard InChI is InChI=1S/C22H22FN3O2S/c1-16-4-9-20-19(15-16)24-22(21-3-2-12-26(20)21)10-13-25(14-11-22)29(27,28)18-7-5-17(23)6-8-18/h2-9,12,15,24H,10-11,13-14H2,1H3. The normalized spacial score (nSPS) is 18.1. The number of piperidine rings is 1. The molecule has 0 aliphatic carbocycles. The van der Waals surface area contributed by atoms with Gasteiger partial charge < -0.3 is 9.88 Å². The fourth-order valence-electron chi connectivity index (χ4n) is 4.51. The molecular formula is C22H22FN3O2S. The monoisotopic (exact) mass is 411 g/mol. The van der Waals surface area contributed by atoms with Gasteiger partial charge in [-0.2, -0.15) is 4.31 Å². The van der Waals surface area contributed by atoms with E-state index in [2.05, 4.69) is 47.3 Å². The molecule has 1 fully saturated rings. The maximum Gasteiger partial charge on any atom is 0.243 e. The Balaban J connectivity index is 1.45. The molecule has 0 bridgehead atoms. The summed E-state index contributed by atoms with van der Waals surface area (Å²) in [7, 11) is -3.63. The zero-order valence-electron chi connectivity index (χ0n) is 16.1. The molecule has 2 aromatic carbocycles. The molecule has 1 spiro atoms. The van der Waals surface area contributed by atoms with Crippen molar-refractivity contribution in [1.29, 1.82) is 0 Å². The Bertz CT molecular complexity index is 1180. The van der Waals surface area contributed by atoms with Crippen LogP contribution in [0.1, 0.15) is 24.1 Å². The second-order valence-electron chi connectivity index (χ2n) is 7.85. The van der Waals surface area contributed by atoms with E-state index in [0.29, 0.717) is 25.9 Å². The summed E-state index contributed by atoms with van der Waals surface area (Å²) in [6, 6.07) is 15.5. The maximum atomic E-state index is 13.2. The average Bonchev–Trinajstić information content (AvgIpc) is 3.20. The van der Waals surface area contributed by atoms with Crippen molar-refractivity contribution in [3.05, 3.63) is 77.9 Å². The zero-order chi connectivity index (χ0) is 20.2. The lowest BCUT2D eigenvalue weighted by molar-refractivity contribution is 0.247. The van der Waals surface area contributed by atoms with Gasteiger partial charge in [-0.3, -0.25) is 0 Å². The van der Waals surface area contributed by atoms with Crippen LogP contribution in [0.25, 0.3) is 5.69 Å². The molecule has 150 valence electrons. The van der Waals surface area contributed by atoms with Crippen molar-refractivity contribution < 1.29 is 12.8 Å². The fraction of sp³-hybridized carbons (Fsp3) is 0.273. The van der Waals surface area contributed by atoms with Crippen molar-refractivity contribution in [2.75, 3.05) is 18.4 Å². The van der Waals surface area contributed by atoms with Crippen molar-refractivity contribution >= 4 is 15.7 Å². The smallest absolute Gasteiger partial charge is 0.243 e. The van der Waals surface area contributed by atoms with Crippen LogP contribution in [-0.2, 0) is 15.6 Å². The van der Waals surface area contributed by atoms with Crippen LogP contribution in [0, 0.1) is 12.7 Å². The molecule has 3 aromatic rings. The first-order valence-corrected chi connectivity index (χ1v) is 11.2. The summed E-state index contributed by atoms with van der Waals surface area (Å²) in [4.78, 5) is 0.135. The van der Waals surface area contributed by atoms with Gasteiger partial charge in [-0.1, -0.05) is 6.07 Å². The Labute approximate surface area is 169 Å². The van der Waals surface area contributed by atoms with Crippen molar-refractivity contribution in [2.24, 2.45) is 0 Å². The summed E-state index contributed by atoms with van der Waals surface area (Å²) in [6.07, 6.45) is 3.38. The molecule has 2 aliphatic heterocycles. The Kier molecular flexibility index (Phi) is 4.08. The SMILES string of the molecule is Cc1ccc2c(c1)NC1(CCN(S(=O)(=O)c3ccc(F)cc3)CC1)c1cccn1-2. The highest BCUT2D eigenvalue weighted by molar-refractivity contribution is 7.89. The lowest BCUT2D eigenvalue weighted by Crippen LogP contribution is -2.51. The molecule has 29 heavy (non-hydrogen) atoms. The van der Waals surface area contributed by atoms with Crippen molar-refractivity contribution in [3.8, 4) is 5.69 Å². The quantitative estimate of drug-likeness (QED) is 0.693. The van der Waals surface area contributed by atoms with E-state index < -0.39 is 15.8 Å². The van der Waals surface area contributed by atoms with E-state index in [-0.39, 0.29) is 10.4 Å². The second kappa shape index (κ2) is 6.43. The molecule has 0 amide bonds. The Morgan fingerprint density at radius 3 is 2.48 bits per heavy atom. The number of benzene rings is 2. The summed E-state index contributed by atoms with van der Waals surface area (Å²) in [5, 5.41) is 3.72. The zero-order valence-corrected chi connectivity index (χ0v) is 16.9. The minimum absolute atomic E-state index is 0.135. The summed E-state index contributed by atoms with van der Waals surface area (Å²) in [6.45, 7) is 2.87. The highest BCUT2D eigenvalue weighted by atomic mass is 32.2. The minimum atomic E-state index is -3.63. The van der Waals surface area contributed by atoms with E-state index in [0.717, 1.165) is 17.1 Å². The molecule has 2 aliphatic rings. The van der Waals surface area contributed by atoms with Gasteiger partial charge in [0, 0.05) is 25.0 Å². The van der Waals surface area contributed by atoms with Gasteiger partial charge in [-0.05, 0) is 73.9 Å². The Morgan fingerprint density at radius 2 is 1.76 bits per heavy atom. The molecule has 0 saturated carbocycles. The van der Waals surface area contributed by atoms with E-state index in [9.17, 15) is 12.8 Å². The molecule has 1 N–H and O–H groups in total. The number of halogens is 1. The summed E-state index contributed by atoms with van der Waals surface area (Å²) in [5.74, 6) is -0.442. The van der Waals surface area contributed by atoms with Crippen LogP contribution in [0.5, 0.6) is 0 Å². The van der Waals surface area contributed by atoms with Crippen LogP contribution in [0.2, 0.25) is 0 Å². The van der Waals surface area contributed by atoms with Crippen LogP contribution >= 0.6 is 0 Å². The molecule has 5 nitrogen and oxygen atoms in total. The van der Waals surface area contributed by atoms with Crippen LogP contribution in [0.3, 0.4) is 0 Å². The summed E-state index contributed by atoms with van der Waals surface area (Å²) >= 11 is 0. The fourth-order valence-corrected chi connectivity index (χ4v) is 5.95. The largest absolute Gasteiger partial charge is 0.372 e. The average molecular weight is 412 g/mol. The first kappa shape index (κ1) is 18.4. The number of nitrogens with zero attached hydrogens (tertiary/aromatic N) is 2. The number of anilines is 1. The number of hydrogen-bond acceptors (Lipinski definition) is 3. The summed E-state index contributed by atoms with van der Waals surface area (Å²) in [5.41, 5.74) is 4.22. The van der Waals surface area contributed by atoms with Gasteiger partial charge in [0.15, 0.2) is 0 Å². The number of nitrogens with one attached hydrogen (secondary N) is 1. The van der Waals surface area contributed by atoms with E-state index in [1.807, 2.05) is 6.07 Å². The predicted molar refractivity (Wildman–Crippen MR) is 110 cm³/mol. The number of aromatic nitrogens is 1. The van der Waals surface area contributed by atoms with Crippen molar-refractivity contribution in [3.63, 3.8) is 0 Å². The second-order valence-corrected chi connectivity index (χ2v) is 9.79. The molecule has 0 radical (unpaired) electrons. The van der Waals surface area contributed by atoms with E-state index in [1.165, 1.54) is 34.1 Å². The first-order valence-electron chi connectivity index (χ1n) is 9.72. The third-order valence-electron chi connectivity index (χ3n) is 6.05. The Morgan fingerprint density at radius 1 is 1.03 bits per heavy atom. The predicted octanol–water partition coefficient (Wildman–Crippen LogP) is 4.03. The van der Waals surface area contributed by atoms with Crippen LogP contribution in [-0.4, -0.2) is 30.4 Å². The molecule has 1 aromatic heterocycles. The van der Waals surface area contributed by atoms with Gasteiger partial charge >= 0.3 is 0 Å². The van der Waals surface area contributed by atoms with Crippen molar-refractivity contribution in [2.45, 2.75) is 30.2 Å². The van der Waals surface area contributed by atoms with E-state index in [4.69, 9.17) is 0 Å². The molecule has 3 heterocycles. The molecule has 7 heteroatoms. The molecule has 1 saturated heterocycles. The molecule has 5 rings (SSSR count). The Hall–Kier alpha value is -2.64. The van der Waals surface area contributed by atoms with Gasteiger partial charge in [0.05, 0.1) is 21.8 Å². The number of rotatable bonds is 2. The van der Waals surface area contributed by atoms with Crippen LogP contribution in [0.15, 0.2) is 65.7 Å². The van der Waals surface area contributed by atoms with Crippen LogP contribution < -0.4 is 5.32 Å². The number of aryl methyl sites for hydroxylation is 1. The first-order chi connectivity index (χ1) is 13.9. The number of fused-ring (bicyclic) bond motifs is 4. The lowest BCUT2D eigenvalue weighted by Gasteiger charge is -2.46. The van der Waals surface area contributed by atoms with Gasteiger partial charge in [0.1, 0.15) is 5.82 Å². The number of hydrogen-bond donors (Lipinski definition) is 1. The van der Waals surface area contributed by atoms with Gasteiger partial charge in [0.25, 0.3) is 0 Å². The summed E-state index contributed by atoms with van der Waals surface area (Å²) < 4.78 is 42.9. The van der Waals surface area contributed by atoms with E-state index >= 15 is 0 Å². The highest BCUT2D eigenvalue weighted by Crippen LogP contribution is 2.44. The third-order valence-corrected chi connectivity index (χ3v) is 7.96. The topological polar surface area (TPSA) is 54.3 Å².